The largest absolute Gasteiger partial charge is 0.339 e. The van der Waals surface area contributed by atoms with Gasteiger partial charge in [-0.25, -0.2) is 4.39 Å². The number of nitrogens with one attached hydrogen (secondary N) is 1. The highest BCUT2D eigenvalue weighted by Gasteiger charge is 2.23. The molecule has 1 unspecified atom stereocenters. The lowest BCUT2D eigenvalue weighted by molar-refractivity contribution is 0.0676. The van der Waals surface area contributed by atoms with Crippen LogP contribution in [-0.2, 0) is 0 Å². The maximum Gasteiger partial charge on any atom is 0.274 e. The molecule has 1 aliphatic rings. The molecule has 126 valence electrons. The Bertz CT molecular complexity index is 738. The molecule has 1 N–H and O–H groups in total. The Morgan fingerprint density at radius 1 is 1.33 bits per heavy atom. The van der Waals surface area contributed by atoms with Gasteiger partial charge >= 0.3 is 0 Å². The van der Waals surface area contributed by atoms with Gasteiger partial charge < -0.3 is 10.2 Å². The van der Waals surface area contributed by atoms with Gasteiger partial charge in [0.1, 0.15) is 5.82 Å². The van der Waals surface area contributed by atoms with E-state index in [0.717, 1.165) is 25.9 Å². The third-order valence-corrected chi connectivity index (χ3v) is 4.31. The molecule has 1 fully saturated rings. The van der Waals surface area contributed by atoms with Crippen molar-refractivity contribution >= 4 is 29.0 Å². The molecule has 0 radical (unpaired) electrons. The number of rotatable bonds is 3. The summed E-state index contributed by atoms with van der Waals surface area (Å²) in [5, 5.41) is 11.0. The van der Waals surface area contributed by atoms with E-state index in [0.29, 0.717) is 23.1 Å². The first kappa shape index (κ1) is 16.6. The summed E-state index contributed by atoms with van der Waals surface area (Å²) in [7, 11) is 0. The third kappa shape index (κ3) is 3.82. The van der Waals surface area contributed by atoms with Gasteiger partial charge in [-0.3, -0.25) is 4.79 Å². The number of hydrogen-bond acceptors (Lipinski definition) is 4. The molecule has 2 aromatic rings. The topological polar surface area (TPSA) is 58.1 Å². The third-order valence-electron chi connectivity index (χ3n) is 4.02. The predicted molar refractivity (Wildman–Crippen MR) is 91.0 cm³/mol. The molecule has 7 heteroatoms. The fourth-order valence-corrected chi connectivity index (χ4v) is 2.95. The van der Waals surface area contributed by atoms with Crippen molar-refractivity contribution in [2.45, 2.75) is 19.8 Å². The second-order valence-electron chi connectivity index (χ2n) is 6.06. The van der Waals surface area contributed by atoms with Gasteiger partial charge in [-0.2, -0.15) is 0 Å². The summed E-state index contributed by atoms with van der Waals surface area (Å²) in [6, 6.07) is 7.60. The molecule has 1 saturated heterocycles. The van der Waals surface area contributed by atoms with E-state index in [-0.39, 0.29) is 10.9 Å². The molecule has 5 nitrogen and oxygen atoms in total. The minimum Gasteiger partial charge on any atom is -0.339 e. The monoisotopic (exact) mass is 348 g/mol. The van der Waals surface area contributed by atoms with Gasteiger partial charge in [-0.1, -0.05) is 18.5 Å². The van der Waals surface area contributed by atoms with Crippen molar-refractivity contribution in [3.05, 3.63) is 46.9 Å². The normalized spacial score (nSPS) is 17.6. The summed E-state index contributed by atoms with van der Waals surface area (Å²) < 4.78 is 13.2. The molecule has 1 aliphatic heterocycles. The predicted octanol–water partition coefficient (Wildman–Crippen LogP) is 3.88. The Hall–Kier alpha value is -2.21. The standard InChI is InChI=1S/C17H18ClFN4O/c1-11-3-2-8-23(10-11)17(24)15-6-7-16(22-21-15)20-12-4-5-14(19)13(18)9-12/h4-7,9,11H,2-3,8,10H2,1H3,(H,20,22). The number of benzene rings is 1. The lowest BCUT2D eigenvalue weighted by atomic mass is 10.00. The van der Waals surface area contributed by atoms with Crippen LogP contribution >= 0.6 is 11.6 Å². The molecule has 0 bridgehead atoms. The average molecular weight is 349 g/mol. The van der Waals surface area contributed by atoms with Gasteiger partial charge in [0.15, 0.2) is 11.5 Å². The van der Waals surface area contributed by atoms with E-state index in [4.69, 9.17) is 11.6 Å². The zero-order valence-corrected chi connectivity index (χ0v) is 14.1. The van der Waals surface area contributed by atoms with Crippen LogP contribution in [0.3, 0.4) is 0 Å². The van der Waals surface area contributed by atoms with Crippen LogP contribution in [0.4, 0.5) is 15.9 Å². The number of carbonyl (C=O) groups is 1. The Labute approximate surface area is 144 Å². The molecule has 0 saturated carbocycles. The Balaban J connectivity index is 1.68. The maximum atomic E-state index is 13.2. The van der Waals surface area contributed by atoms with Gasteiger partial charge in [-0.05, 0) is 49.1 Å². The molecular weight excluding hydrogens is 331 g/mol. The van der Waals surface area contributed by atoms with Crippen LogP contribution < -0.4 is 5.32 Å². The lowest BCUT2D eigenvalue weighted by Crippen LogP contribution is -2.39. The Morgan fingerprint density at radius 3 is 2.83 bits per heavy atom. The van der Waals surface area contributed by atoms with Crippen molar-refractivity contribution in [1.82, 2.24) is 15.1 Å². The van der Waals surface area contributed by atoms with Crippen molar-refractivity contribution in [1.29, 1.82) is 0 Å². The highest BCUT2D eigenvalue weighted by Crippen LogP contribution is 2.22. The lowest BCUT2D eigenvalue weighted by Gasteiger charge is -2.30. The van der Waals surface area contributed by atoms with E-state index < -0.39 is 5.82 Å². The SMILES string of the molecule is CC1CCCN(C(=O)c2ccc(Nc3ccc(F)c(Cl)c3)nn2)C1. The maximum absolute atomic E-state index is 13.2. The van der Waals surface area contributed by atoms with Crippen LogP contribution in [0.2, 0.25) is 5.02 Å². The van der Waals surface area contributed by atoms with Crippen molar-refractivity contribution in [3.8, 4) is 0 Å². The van der Waals surface area contributed by atoms with E-state index in [1.807, 2.05) is 4.90 Å². The summed E-state index contributed by atoms with van der Waals surface area (Å²) in [6.07, 6.45) is 2.17. The second-order valence-corrected chi connectivity index (χ2v) is 6.46. The first-order valence-electron chi connectivity index (χ1n) is 7.88. The molecule has 24 heavy (non-hydrogen) atoms. The van der Waals surface area contributed by atoms with E-state index in [2.05, 4.69) is 22.4 Å². The van der Waals surface area contributed by atoms with Gasteiger partial charge in [0.2, 0.25) is 0 Å². The van der Waals surface area contributed by atoms with Crippen LogP contribution in [0.25, 0.3) is 0 Å². The fraction of sp³-hybridized carbons (Fsp3) is 0.353. The van der Waals surface area contributed by atoms with Crippen LogP contribution in [0.15, 0.2) is 30.3 Å². The molecule has 2 heterocycles. The number of hydrogen-bond donors (Lipinski definition) is 1. The smallest absolute Gasteiger partial charge is 0.274 e. The highest BCUT2D eigenvalue weighted by molar-refractivity contribution is 6.31. The van der Waals surface area contributed by atoms with Crippen LogP contribution in [0.1, 0.15) is 30.3 Å². The van der Waals surface area contributed by atoms with E-state index >= 15 is 0 Å². The molecular formula is C17H18ClFN4O. The molecule has 0 spiro atoms. The van der Waals surface area contributed by atoms with Gasteiger partial charge in [0.05, 0.1) is 5.02 Å². The van der Waals surface area contributed by atoms with Crippen molar-refractivity contribution < 1.29 is 9.18 Å². The van der Waals surface area contributed by atoms with Crippen molar-refractivity contribution in [2.24, 2.45) is 5.92 Å². The fourth-order valence-electron chi connectivity index (χ4n) is 2.77. The minimum absolute atomic E-state index is 0.0268. The van der Waals surface area contributed by atoms with Crippen molar-refractivity contribution in [3.63, 3.8) is 0 Å². The van der Waals surface area contributed by atoms with E-state index in [1.165, 1.54) is 12.1 Å². The number of carbonyl (C=O) groups excluding carboxylic acids is 1. The summed E-state index contributed by atoms with van der Waals surface area (Å²) in [4.78, 5) is 14.3. The van der Waals surface area contributed by atoms with E-state index in [9.17, 15) is 9.18 Å². The Kier molecular flexibility index (Phi) is 4.94. The number of amides is 1. The zero-order chi connectivity index (χ0) is 17.1. The highest BCUT2D eigenvalue weighted by atomic mass is 35.5. The average Bonchev–Trinajstić information content (AvgIpc) is 2.58. The molecule has 1 atom stereocenters. The number of piperidine rings is 1. The summed E-state index contributed by atoms with van der Waals surface area (Å²) in [6.45, 7) is 3.67. The van der Waals surface area contributed by atoms with Gasteiger partial charge in [-0.15, -0.1) is 10.2 Å². The second kappa shape index (κ2) is 7.13. The first-order valence-corrected chi connectivity index (χ1v) is 8.26. The van der Waals surface area contributed by atoms with Crippen LogP contribution in [0.5, 0.6) is 0 Å². The quantitative estimate of drug-likeness (QED) is 0.914. The van der Waals surface area contributed by atoms with Crippen LogP contribution in [-0.4, -0.2) is 34.1 Å². The van der Waals surface area contributed by atoms with Gasteiger partial charge in [0.25, 0.3) is 5.91 Å². The van der Waals surface area contributed by atoms with Crippen LogP contribution in [0, 0.1) is 11.7 Å². The Morgan fingerprint density at radius 2 is 2.17 bits per heavy atom. The first-order chi connectivity index (χ1) is 11.5. The summed E-state index contributed by atoms with van der Waals surface area (Å²) in [5.74, 6) is 0.400. The number of likely N-dealkylation sites (tertiary alicyclic amines) is 1. The molecule has 1 amide bonds. The molecule has 1 aromatic carbocycles. The van der Waals surface area contributed by atoms with Crippen molar-refractivity contribution in [2.75, 3.05) is 18.4 Å². The summed E-state index contributed by atoms with van der Waals surface area (Å²) >= 11 is 5.74. The summed E-state index contributed by atoms with van der Waals surface area (Å²) in [5.41, 5.74) is 0.923. The van der Waals surface area contributed by atoms with E-state index in [1.54, 1.807) is 18.2 Å². The molecule has 1 aromatic heterocycles. The zero-order valence-electron chi connectivity index (χ0n) is 13.3. The minimum atomic E-state index is -0.481. The number of halogens is 2. The number of anilines is 2. The number of nitrogens with zero attached hydrogens (tertiary/aromatic N) is 3. The molecule has 3 rings (SSSR count). The molecule has 0 aliphatic carbocycles. The number of aromatic nitrogens is 2. The van der Waals surface area contributed by atoms with Gasteiger partial charge in [0, 0.05) is 18.8 Å².